The number of hydrogen-bond acceptors (Lipinski definition) is 2. The Morgan fingerprint density at radius 3 is 2.31 bits per heavy atom. The lowest BCUT2D eigenvalue weighted by molar-refractivity contribution is 0.0484. The minimum atomic E-state index is 0.723. The fraction of sp³-hybridized carbons (Fsp3) is 0.818. The van der Waals surface area contributed by atoms with Crippen molar-refractivity contribution in [2.75, 3.05) is 26.4 Å². The van der Waals surface area contributed by atoms with E-state index in [0.717, 1.165) is 39.3 Å². The van der Waals surface area contributed by atoms with Crippen LogP contribution in [-0.2, 0) is 9.47 Å². The minimum Gasteiger partial charge on any atom is -0.379 e. The molecule has 13 heavy (non-hydrogen) atoms. The van der Waals surface area contributed by atoms with Gasteiger partial charge in [-0.25, -0.2) is 0 Å². The van der Waals surface area contributed by atoms with Gasteiger partial charge >= 0.3 is 0 Å². The zero-order valence-electron chi connectivity index (χ0n) is 8.92. The highest BCUT2D eigenvalue weighted by molar-refractivity contribution is 4.75. The van der Waals surface area contributed by atoms with Crippen LogP contribution in [0.2, 0.25) is 0 Å². The minimum absolute atomic E-state index is 0.723. The van der Waals surface area contributed by atoms with E-state index in [1.165, 1.54) is 6.42 Å². The highest BCUT2D eigenvalue weighted by Gasteiger charge is 1.88. The summed E-state index contributed by atoms with van der Waals surface area (Å²) in [6.45, 7) is 7.32. The smallest absolute Gasteiger partial charge is 0.0700 e. The summed E-state index contributed by atoms with van der Waals surface area (Å²) in [4.78, 5) is 0. The first-order valence-electron chi connectivity index (χ1n) is 5.18. The zero-order valence-corrected chi connectivity index (χ0v) is 8.92. The van der Waals surface area contributed by atoms with Gasteiger partial charge in [0.05, 0.1) is 19.8 Å². The lowest BCUT2D eigenvalue weighted by atomic mass is 10.4. The van der Waals surface area contributed by atoms with Crippen LogP contribution in [0, 0.1) is 0 Å². The van der Waals surface area contributed by atoms with Crippen molar-refractivity contribution < 1.29 is 9.47 Å². The molecule has 0 aliphatic heterocycles. The predicted octanol–water partition coefficient (Wildman–Crippen LogP) is 2.79. The summed E-state index contributed by atoms with van der Waals surface area (Å²) in [5, 5.41) is 0. The fourth-order valence-electron chi connectivity index (χ4n) is 0.886. The van der Waals surface area contributed by atoms with E-state index < -0.39 is 0 Å². The van der Waals surface area contributed by atoms with Crippen LogP contribution in [-0.4, -0.2) is 26.4 Å². The van der Waals surface area contributed by atoms with Crippen molar-refractivity contribution in [3.8, 4) is 0 Å². The van der Waals surface area contributed by atoms with Crippen molar-refractivity contribution >= 4 is 0 Å². The summed E-state index contributed by atoms with van der Waals surface area (Å²) >= 11 is 0. The quantitative estimate of drug-likeness (QED) is 0.407. The molecule has 0 aromatic carbocycles. The van der Waals surface area contributed by atoms with E-state index in [1.807, 2.05) is 13.0 Å². The maximum atomic E-state index is 5.34. The molecule has 78 valence electrons. The van der Waals surface area contributed by atoms with E-state index >= 15 is 0 Å². The molecule has 0 N–H and O–H groups in total. The molecule has 0 bridgehead atoms. The number of hydrogen-bond donors (Lipinski definition) is 0. The van der Waals surface area contributed by atoms with Gasteiger partial charge in [0, 0.05) is 6.61 Å². The summed E-state index contributed by atoms with van der Waals surface area (Å²) in [6.07, 6.45) is 7.51. The molecule has 0 amide bonds. The van der Waals surface area contributed by atoms with Crippen molar-refractivity contribution in [2.45, 2.75) is 33.1 Å². The second-order valence-electron chi connectivity index (χ2n) is 2.94. The lowest BCUT2D eigenvalue weighted by Crippen LogP contribution is -2.05. The van der Waals surface area contributed by atoms with Crippen LogP contribution in [0.5, 0.6) is 0 Å². The molecule has 0 radical (unpaired) electrons. The van der Waals surface area contributed by atoms with Crippen molar-refractivity contribution in [1.29, 1.82) is 0 Å². The molecule has 0 fully saturated rings. The standard InChI is InChI=1S/C11H22O2/c1-3-5-7-9-13-11-10-12-8-6-4-2/h3,5H,4,6-11H2,1-2H3. The molecular formula is C11H22O2. The van der Waals surface area contributed by atoms with Crippen LogP contribution in [0.15, 0.2) is 12.2 Å². The third kappa shape index (κ3) is 11.7. The van der Waals surface area contributed by atoms with Gasteiger partial charge in [-0.1, -0.05) is 25.5 Å². The number of rotatable bonds is 9. The topological polar surface area (TPSA) is 18.5 Å². The van der Waals surface area contributed by atoms with E-state index in [9.17, 15) is 0 Å². The van der Waals surface area contributed by atoms with Gasteiger partial charge in [0.2, 0.25) is 0 Å². The Kier molecular flexibility index (Phi) is 11.4. The average Bonchev–Trinajstić information content (AvgIpc) is 2.16. The predicted molar refractivity (Wildman–Crippen MR) is 56.0 cm³/mol. The van der Waals surface area contributed by atoms with Crippen molar-refractivity contribution in [2.24, 2.45) is 0 Å². The van der Waals surface area contributed by atoms with Crippen LogP contribution < -0.4 is 0 Å². The maximum absolute atomic E-state index is 5.34. The van der Waals surface area contributed by atoms with Crippen LogP contribution in [0.1, 0.15) is 33.1 Å². The Hall–Kier alpha value is -0.340. The van der Waals surface area contributed by atoms with Gasteiger partial charge in [-0.3, -0.25) is 0 Å². The number of unbranched alkanes of at least 4 members (excludes halogenated alkanes) is 1. The SMILES string of the molecule is CC=CCCOCCOCCCC. The summed E-state index contributed by atoms with van der Waals surface area (Å²) in [5.74, 6) is 0. The van der Waals surface area contributed by atoms with Gasteiger partial charge in [-0.05, 0) is 19.8 Å². The summed E-state index contributed by atoms with van der Waals surface area (Å²) in [5.41, 5.74) is 0. The Morgan fingerprint density at radius 2 is 1.69 bits per heavy atom. The molecule has 0 atom stereocenters. The van der Waals surface area contributed by atoms with Crippen LogP contribution in [0.25, 0.3) is 0 Å². The first kappa shape index (κ1) is 12.7. The molecule has 2 heteroatoms. The highest BCUT2D eigenvalue weighted by atomic mass is 16.5. The Balaban J connectivity index is 2.83. The molecule has 2 nitrogen and oxygen atoms in total. The van der Waals surface area contributed by atoms with Gasteiger partial charge in [-0.15, -0.1) is 0 Å². The first-order valence-corrected chi connectivity index (χ1v) is 5.18. The third-order valence-corrected chi connectivity index (χ3v) is 1.68. The lowest BCUT2D eigenvalue weighted by Gasteiger charge is -2.03. The van der Waals surface area contributed by atoms with E-state index in [-0.39, 0.29) is 0 Å². The van der Waals surface area contributed by atoms with Crippen molar-refractivity contribution in [3.05, 3.63) is 12.2 Å². The van der Waals surface area contributed by atoms with Crippen molar-refractivity contribution in [3.63, 3.8) is 0 Å². The molecule has 0 aliphatic rings. The average molecular weight is 186 g/mol. The molecule has 0 aromatic heterocycles. The van der Waals surface area contributed by atoms with E-state index in [2.05, 4.69) is 13.0 Å². The van der Waals surface area contributed by atoms with Gasteiger partial charge < -0.3 is 9.47 Å². The molecule has 0 saturated carbocycles. The van der Waals surface area contributed by atoms with Gasteiger partial charge in [0.1, 0.15) is 0 Å². The van der Waals surface area contributed by atoms with E-state index in [0.29, 0.717) is 0 Å². The van der Waals surface area contributed by atoms with Gasteiger partial charge in [0.15, 0.2) is 0 Å². The van der Waals surface area contributed by atoms with Crippen molar-refractivity contribution in [1.82, 2.24) is 0 Å². The van der Waals surface area contributed by atoms with Gasteiger partial charge in [-0.2, -0.15) is 0 Å². The molecule has 0 aliphatic carbocycles. The maximum Gasteiger partial charge on any atom is 0.0700 e. The third-order valence-electron chi connectivity index (χ3n) is 1.68. The summed E-state index contributed by atoms with van der Waals surface area (Å²) in [7, 11) is 0. The summed E-state index contributed by atoms with van der Waals surface area (Å²) in [6, 6.07) is 0. The molecule has 0 heterocycles. The van der Waals surface area contributed by atoms with Crippen LogP contribution >= 0.6 is 0 Å². The molecule has 0 unspecified atom stereocenters. The zero-order chi connectivity index (χ0) is 9.78. The largest absolute Gasteiger partial charge is 0.379 e. The van der Waals surface area contributed by atoms with E-state index in [4.69, 9.17) is 9.47 Å². The van der Waals surface area contributed by atoms with Gasteiger partial charge in [0.25, 0.3) is 0 Å². The first-order chi connectivity index (χ1) is 6.41. The van der Waals surface area contributed by atoms with Crippen LogP contribution in [0.4, 0.5) is 0 Å². The molecule has 0 rings (SSSR count). The number of allylic oxidation sites excluding steroid dienone is 1. The molecular weight excluding hydrogens is 164 g/mol. The number of ether oxygens (including phenoxy) is 2. The fourth-order valence-corrected chi connectivity index (χ4v) is 0.886. The second-order valence-corrected chi connectivity index (χ2v) is 2.94. The Bertz CT molecular complexity index is 111. The molecule has 0 aromatic rings. The van der Waals surface area contributed by atoms with Crippen LogP contribution in [0.3, 0.4) is 0 Å². The van der Waals surface area contributed by atoms with E-state index in [1.54, 1.807) is 0 Å². The molecule has 0 spiro atoms. The highest BCUT2D eigenvalue weighted by Crippen LogP contribution is 1.89. The molecule has 0 saturated heterocycles. The Morgan fingerprint density at radius 1 is 1.00 bits per heavy atom. The second kappa shape index (κ2) is 11.7. The normalized spacial score (nSPS) is 11.2. The monoisotopic (exact) mass is 186 g/mol. The Labute approximate surface area is 81.9 Å². The summed E-state index contributed by atoms with van der Waals surface area (Å²) < 4.78 is 10.7.